The Hall–Kier alpha value is -1.27. The van der Waals surface area contributed by atoms with Gasteiger partial charge >= 0.3 is 5.97 Å². The topological polar surface area (TPSA) is 72.6 Å². The molecular weight excluding hydrogens is 257 g/mol. The fourth-order valence-corrected chi connectivity index (χ4v) is 2.96. The molecule has 0 amide bonds. The predicted molar refractivity (Wildman–Crippen MR) is 67.5 cm³/mol. The maximum atomic E-state index is 13.6. The third-order valence-electron chi connectivity index (χ3n) is 2.79. The quantitative estimate of drug-likeness (QED) is 0.826. The van der Waals surface area contributed by atoms with Crippen molar-refractivity contribution >= 4 is 23.4 Å². The Labute approximate surface area is 108 Å². The first-order valence-corrected chi connectivity index (χ1v) is 6.52. The van der Waals surface area contributed by atoms with Crippen molar-refractivity contribution < 1.29 is 19.0 Å². The van der Waals surface area contributed by atoms with Crippen LogP contribution in [0.15, 0.2) is 17.0 Å². The second-order valence-electron chi connectivity index (χ2n) is 4.10. The lowest BCUT2D eigenvalue weighted by Gasteiger charge is -2.22. The van der Waals surface area contributed by atoms with Gasteiger partial charge in [0.25, 0.3) is 0 Å². The third kappa shape index (κ3) is 2.94. The van der Waals surface area contributed by atoms with Gasteiger partial charge in [-0.2, -0.15) is 0 Å². The van der Waals surface area contributed by atoms with Gasteiger partial charge in [0.15, 0.2) is 0 Å². The SMILES string of the molecule is Nc1cc(C(=O)O)c(F)cc1SC1CCOCC1. The van der Waals surface area contributed by atoms with E-state index in [2.05, 4.69) is 0 Å². The summed E-state index contributed by atoms with van der Waals surface area (Å²) in [6.07, 6.45) is 1.79. The number of thioether (sulfide) groups is 1. The Morgan fingerprint density at radius 3 is 2.72 bits per heavy atom. The van der Waals surface area contributed by atoms with Gasteiger partial charge in [0, 0.05) is 29.0 Å². The molecule has 0 aromatic heterocycles. The van der Waals surface area contributed by atoms with Gasteiger partial charge in [-0.25, -0.2) is 9.18 Å². The summed E-state index contributed by atoms with van der Waals surface area (Å²) < 4.78 is 18.8. The van der Waals surface area contributed by atoms with E-state index in [4.69, 9.17) is 15.6 Å². The van der Waals surface area contributed by atoms with Crippen molar-refractivity contribution in [3.05, 3.63) is 23.5 Å². The highest BCUT2D eigenvalue weighted by molar-refractivity contribution is 8.00. The van der Waals surface area contributed by atoms with Gasteiger partial charge in [0.2, 0.25) is 0 Å². The molecule has 98 valence electrons. The van der Waals surface area contributed by atoms with Crippen molar-refractivity contribution in [2.75, 3.05) is 18.9 Å². The normalized spacial score (nSPS) is 16.7. The van der Waals surface area contributed by atoms with Crippen molar-refractivity contribution in [1.82, 2.24) is 0 Å². The van der Waals surface area contributed by atoms with Crippen molar-refractivity contribution in [3.63, 3.8) is 0 Å². The molecule has 1 aromatic rings. The molecule has 0 spiro atoms. The lowest BCUT2D eigenvalue weighted by atomic mass is 10.2. The highest BCUT2D eigenvalue weighted by atomic mass is 32.2. The highest BCUT2D eigenvalue weighted by Gasteiger charge is 2.19. The number of rotatable bonds is 3. The van der Waals surface area contributed by atoms with Crippen LogP contribution >= 0.6 is 11.8 Å². The molecule has 3 N–H and O–H groups in total. The summed E-state index contributed by atoms with van der Waals surface area (Å²) in [5.74, 6) is -2.05. The molecule has 0 atom stereocenters. The maximum Gasteiger partial charge on any atom is 0.338 e. The van der Waals surface area contributed by atoms with E-state index < -0.39 is 11.8 Å². The molecule has 18 heavy (non-hydrogen) atoms. The number of nitrogen functional groups attached to an aromatic ring is 1. The molecular formula is C12H14FNO3S. The van der Waals surface area contributed by atoms with Crippen LogP contribution in [0.3, 0.4) is 0 Å². The molecule has 4 nitrogen and oxygen atoms in total. The van der Waals surface area contributed by atoms with Crippen LogP contribution in [0.1, 0.15) is 23.2 Å². The van der Waals surface area contributed by atoms with Crippen LogP contribution in [-0.2, 0) is 4.74 Å². The summed E-state index contributed by atoms with van der Waals surface area (Å²) in [4.78, 5) is 11.4. The molecule has 0 aliphatic carbocycles. The number of nitrogens with two attached hydrogens (primary N) is 1. The van der Waals surface area contributed by atoms with Crippen molar-refractivity contribution in [1.29, 1.82) is 0 Å². The van der Waals surface area contributed by atoms with Gasteiger partial charge in [0.1, 0.15) is 5.82 Å². The lowest BCUT2D eigenvalue weighted by Crippen LogP contribution is -2.17. The molecule has 1 aliphatic heterocycles. The smallest absolute Gasteiger partial charge is 0.338 e. The zero-order valence-corrected chi connectivity index (χ0v) is 10.5. The Morgan fingerprint density at radius 2 is 2.11 bits per heavy atom. The van der Waals surface area contributed by atoms with E-state index in [9.17, 15) is 9.18 Å². The number of benzene rings is 1. The van der Waals surface area contributed by atoms with Gasteiger partial charge in [-0.3, -0.25) is 0 Å². The lowest BCUT2D eigenvalue weighted by molar-refractivity contribution is 0.0692. The zero-order chi connectivity index (χ0) is 13.1. The van der Waals surface area contributed by atoms with Crippen LogP contribution in [0.25, 0.3) is 0 Å². The number of carboxylic acid groups (broad SMARTS) is 1. The number of ether oxygens (including phenoxy) is 1. The average molecular weight is 271 g/mol. The second-order valence-corrected chi connectivity index (χ2v) is 5.45. The molecule has 0 saturated carbocycles. The standard InChI is InChI=1S/C12H14FNO3S/c13-9-6-11(10(14)5-8(9)12(15)16)18-7-1-3-17-4-2-7/h5-7H,1-4,14H2,(H,15,16). The Bertz CT molecular complexity index is 461. The molecule has 0 bridgehead atoms. The first kappa shape index (κ1) is 13.2. The number of hydrogen-bond donors (Lipinski definition) is 2. The minimum Gasteiger partial charge on any atom is -0.478 e. The maximum absolute atomic E-state index is 13.6. The van der Waals surface area contributed by atoms with Crippen molar-refractivity contribution in [2.45, 2.75) is 23.0 Å². The fourth-order valence-electron chi connectivity index (χ4n) is 1.81. The molecule has 0 unspecified atom stereocenters. The average Bonchev–Trinajstić information content (AvgIpc) is 2.34. The van der Waals surface area contributed by atoms with Gasteiger partial charge in [-0.1, -0.05) is 0 Å². The molecule has 1 heterocycles. The first-order chi connectivity index (χ1) is 8.58. The summed E-state index contributed by atoms with van der Waals surface area (Å²) in [6.45, 7) is 1.40. The largest absolute Gasteiger partial charge is 0.478 e. The molecule has 1 saturated heterocycles. The van der Waals surface area contributed by atoms with E-state index in [1.807, 2.05) is 0 Å². The Balaban J connectivity index is 2.18. The van der Waals surface area contributed by atoms with Gasteiger partial charge in [-0.15, -0.1) is 11.8 Å². The van der Waals surface area contributed by atoms with Gasteiger partial charge in [-0.05, 0) is 25.0 Å². The van der Waals surface area contributed by atoms with E-state index in [0.29, 0.717) is 29.0 Å². The Morgan fingerprint density at radius 1 is 1.44 bits per heavy atom. The van der Waals surface area contributed by atoms with Crippen LogP contribution in [-0.4, -0.2) is 29.5 Å². The number of carbonyl (C=O) groups is 1. The predicted octanol–water partition coefficient (Wildman–Crippen LogP) is 2.38. The summed E-state index contributed by atoms with van der Waals surface area (Å²) >= 11 is 1.49. The Kier molecular flexibility index (Phi) is 4.08. The fraction of sp³-hybridized carbons (Fsp3) is 0.417. The molecule has 1 fully saturated rings. The number of halogens is 1. The number of anilines is 1. The third-order valence-corrected chi connectivity index (χ3v) is 4.20. The molecule has 2 rings (SSSR count). The van der Waals surface area contributed by atoms with Crippen molar-refractivity contribution in [3.8, 4) is 0 Å². The highest BCUT2D eigenvalue weighted by Crippen LogP contribution is 2.34. The number of aromatic carboxylic acids is 1. The van der Waals surface area contributed by atoms with Crippen LogP contribution < -0.4 is 5.73 Å². The zero-order valence-electron chi connectivity index (χ0n) is 9.69. The van der Waals surface area contributed by atoms with Gasteiger partial charge < -0.3 is 15.6 Å². The molecule has 1 aliphatic rings. The first-order valence-electron chi connectivity index (χ1n) is 5.64. The van der Waals surface area contributed by atoms with Crippen molar-refractivity contribution in [2.24, 2.45) is 0 Å². The van der Waals surface area contributed by atoms with Crippen LogP contribution in [0.5, 0.6) is 0 Å². The molecule has 0 radical (unpaired) electrons. The summed E-state index contributed by atoms with van der Waals surface area (Å²) in [6, 6.07) is 2.39. The monoisotopic (exact) mass is 271 g/mol. The molecule has 1 aromatic carbocycles. The minimum absolute atomic E-state index is 0.310. The summed E-state index contributed by atoms with van der Waals surface area (Å²) in [5, 5.41) is 9.13. The number of carboxylic acids is 1. The van der Waals surface area contributed by atoms with E-state index >= 15 is 0 Å². The summed E-state index contributed by atoms with van der Waals surface area (Å²) in [7, 11) is 0. The van der Waals surface area contributed by atoms with E-state index in [1.54, 1.807) is 0 Å². The summed E-state index contributed by atoms with van der Waals surface area (Å²) in [5.41, 5.74) is 5.69. The van der Waals surface area contributed by atoms with E-state index in [1.165, 1.54) is 23.9 Å². The van der Waals surface area contributed by atoms with Gasteiger partial charge in [0.05, 0.1) is 5.56 Å². The second kappa shape index (κ2) is 5.58. The van der Waals surface area contributed by atoms with Crippen LogP contribution in [0.4, 0.5) is 10.1 Å². The number of hydrogen-bond acceptors (Lipinski definition) is 4. The van der Waals surface area contributed by atoms with E-state index in [-0.39, 0.29) is 5.56 Å². The van der Waals surface area contributed by atoms with Crippen LogP contribution in [0.2, 0.25) is 0 Å². The van der Waals surface area contributed by atoms with E-state index in [0.717, 1.165) is 12.8 Å². The minimum atomic E-state index is -1.30. The van der Waals surface area contributed by atoms with Crippen LogP contribution in [0, 0.1) is 5.82 Å². The molecule has 6 heteroatoms.